The van der Waals surface area contributed by atoms with Gasteiger partial charge < -0.3 is 9.30 Å². The molecule has 0 amide bonds. The van der Waals surface area contributed by atoms with Gasteiger partial charge in [0.05, 0.1) is 17.6 Å². The minimum atomic E-state index is -5.04. The maximum absolute atomic E-state index is 13.6. The fraction of sp³-hybridized carbons (Fsp3) is 0.211. The number of hydrogen-bond donors (Lipinski definition) is 1. The Kier molecular flexibility index (Phi) is 5.86. The molecule has 3 aromatic rings. The monoisotopic (exact) mass is 443 g/mol. The van der Waals surface area contributed by atoms with Crippen LogP contribution >= 0.6 is 0 Å². The van der Waals surface area contributed by atoms with Crippen molar-refractivity contribution in [3.05, 3.63) is 77.6 Å². The number of nitrogens with one attached hydrogen (secondary N) is 1. The lowest BCUT2D eigenvalue weighted by atomic mass is 10.1. The Labute approximate surface area is 170 Å². The second kappa shape index (κ2) is 8.07. The summed E-state index contributed by atoms with van der Waals surface area (Å²) in [5, 5.41) is 0. The number of aromatic nitrogens is 2. The van der Waals surface area contributed by atoms with Crippen LogP contribution in [0.3, 0.4) is 0 Å². The molecule has 0 saturated carbocycles. The van der Waals surface area contributed by atoms with Crippen molar-refractivity contribution >= 4 is 10.0 Å². The van der Waals surface area contributed by atoms with Gasteiger partial charge in [0, 0.05) is 19.4 Å². The van der Waals surface area contributed by atoms with E-state index in [1.54, 1.807) is 42.1 Å². The molecule has 0 fully saturated rings. The molecule has 0 saturated heterocycles. The third-order valence-electron chi connectivity index (χ3n) is 4.39. The molecule has 160 valence electrons. The van der Waals surface area contributed by atoms with Crippen LogP contribution in [-0.2, 0) is 23.2 Å². The first-order valence-electron chi connectivity index (χ1n) is 8.53. The summed E-state index contributed by atoms with van der Waals surface area (Å²) < 4.78 is 87.4. The number of aryl methyl sites for hydroxylation is 1. The molecule has 1 heterocycles. The molecule has 6 nitrogen and oxygen atoms in total. The van der Waals surface area contributed by atoms with Gasteiger partial charge in [-0.1, -0.05) is 12.1 Å². The molecule has 1 N–H and O–H groups in total. The first kappa shape index (κ1) is 21.8. The number of rotatable bonds is 6. The van der Waals surface area contributed by atoms with Gasteiger partial charge in [-0.2, -0.15) is 17.9 Å². The number of sulfonamides is 1. The minimum absolute atomic E-state index is 0.265. The first-order chi connectivity index (χ1) is 14.0. The quantitative estimate of drug-likeness (QED) is 0.591. The summed E-state index contributed by atoms with van der Waals surface area (Å²) in [7, 11) is -1.35. The number of halogens is 4. The molecule has 0 spiro atoms. The Balaban J connectivity index is 2.05. The predicted octanol–water partition coefficient (Wildman–Crippen LogP) is 3.65. The normalized spacial score (nSPS) is 13.3. The first-order valence-corrected chi connectivity index (χ1v) is 10.0. The molecule has 0 aliphatic carbocycles. The fourth-order valence-corrected chi connectivity index (χ4v) is 4.04. The van der Waals surface area contributed by atoms with Gasteiger partial charge in [-0.25, -0.2) is 17.8 Å². The van der Waals surface area contributed by atoms with Crippen molar-refractivity contribution in [1.29, 1.82) is 0 Å². The van der Waals surface area contributed by atoms with Crippen molar-refractivity contribution < 1.29 is 30.7 Å². The molecule has 0 aliphatic rings. The van der Waals surface area contributed by atoms with Crippen LogP contribution in [0.15, 0.2) is 59.8 Å². The Hall–Kier alpha value is -2.92. The highest BCUT2D eigenvalue weighted by molar-refractivity contribution is 7.89. The van der Waals surface area contributed by atoms with E-state index in [0.717, 1.165) is 6.07 Å². The molecule has 1 unspecified atom stereocenters. The van der Waals surface area contributed by atoms with Crippen molar-refractivity contribution in [2.24, 2.45) is 7.05 Å². The van der Waals surface area contributed by atoms with E-state index >= 15 is 0 Å². The number of ether oxygens (including phenoxy) is 1. The maximum atomic E-state index is 13.6. The Morgan fingerprint density at radius 1 is 1.13 bits per heavy atom. The van der Waals surface area contributed by atoms with Crippen LogP contribution < -0.4 is 9.46 Å². The molecular formula is C19H17F4N3O3S. The Morgan fingerprint density at radius 3 is 2.33 bits per heavy atom. The largest absolute Gasteiger partial charge is 0.497 e. The highest BCUT2D eigenvalue weighted by Gasteiger charge is 2.36. The number of nitrogens with zero attached hydrogens (tertiary/aromatic N) is 2. The van der Waals surface area contributed by atoms with Gasteiger partial charge in [0.1, 0.15) is 23.4 Å². The summed E-state index contributed by atoms with van der Waals surface area (Å²) in [5.74, 6) is -0.715. The third-order valence-corrected chi connectivity index (χ3v) is 5.81. The van der Waals surface area contributed by atoms with E-state index in [1.807, 2.05) is 0 Å². The maximum Gasteiger partial charge on any atom is 0.419 e. The SMILES string of the molecule is COc1ccc(C(NS(=O)(=O)c2ccc(F)c(C(F)(F)F)c2)c2nccn2C)cc1. The highest BCUT2D eigenvalue weighted by atomic mass is 32.2. The molecule has 0 aliphatic heterocycles. The summed E-state index contributed by atoms with van der Waals surface area (Å²) in [6, 6.07) is 6.93. The summed E-state index contributed by atoms with van der Waals surface area (Å²) in [5.41, 5.74) is -1.19. The van der Waals surface area contributed by atoms with Crippen molar-refractivity contribution in [3.63, 3.8) is 0 Å². The predicted molar refractivity (Wildman–Crippen MR) is 99.8 cm³/mol. The van der Waals surface area contributed by atoms with E-state index in [0.29, 0.717) is 23.2 Å². The van der Waals surface area contributed by atoms with E-state index in [2.05, 4.69) is 9.71 Å². The molecule has 0 bridgehead atoms. The van der Waals surface area contributed by atoms with Gasteiger partial charge in [0.2, 0.25) is 10.0 Å². The van der Waals surface area contributed by atoms with E-state index in [1.165, 1.54) is 13.3 Å². The van der Waals surface area contributed by atoms with Crippen LogP contribution in [-0.4, -0.2) is 25.1 Å². The molecule has 1 atom stereocenters. The second-order valence-electron chi connectivity index (χ2n) is 6.36. The summed E-state index contributed by atoms with van der Waals surface area (Å²) in [6.45, 7) is 0. The molecule has 11 heteroatoms. The van der Waals surface area contributed by atoms with E-state index in [9.17, 15) is 26.0 Å². The smallest absolute Gasteiger partial charge is 0.419 e. The topological polar surface area (TPSA) is 73.2 Å². The Morgan fingerprint density at radius 2 is 1.80 bits per heavy atom. The average molecular weight is 443 g/mol. The molecular weight excluding hydrogens is 426 g/mol. The summed E-state index contributed by atoms with van der Waals surface area (Å²) >= 11 is 0. The second-order valence-corrected chi connectivity index (χ2v) is 8.08. The highest BCUT2D eigenvalue weighted by Crippen LogP contribution is 2.33. The molecule has 1 aromatic heterocycles. The van der Waals surface area contributed by atoms with E-state index in [-0.39, 0.29) is 6.07 Å². The van der Waals surface area contributed by atoms with Crippen molar-refractivity contribution in [2.75, 3.05) is 7.11 Å². The van der Waals surface area contributed by atoms with Gasteiger partial charge in [-0.05, 0) is 35.9 Å². The molecule has 2 aromatic carbocycles. The lowest BCUT2D eigenvalue weighted by Gasteiger charge is -2.20. The van der Waals surface area contributed by atoms with Gasteiger partial charge in [0.25, 0.3) is 0 Å². The zero-order valence-electron chi connectivity index (χ0n) is 15.8. The number of imidazole rings is 1. The van der Waals surface area contributed by atoms with E-state index in [4.69, 9.17) is 4.74 Å². The van der Waals surface area contributed by atoms with Crippen LogP contribution in [0, 0.1) is 5.82 Å². The number of hydrogen-bond acceptors (Lipinski definition) is 4. The lowest BCUT2D eigenvalue weighted by Crippen LogP contribution is -2.31. The molecule has 30 heavy (non-hydrogen) atoms. The standard InChI is InChI=1S/C19H17F4N3O3S/c1-26-10-9-24-18(26)17(12-3-5-13(29-2)6-4-12)25-30(27,28)14-7-8-16(20)15(11-14)19(21,22)23/h3-11,17,25H,1-2H3. The van der Waals surface area contributed by atoms with E-state index < -0.39 is 38.5 Å². The van der Waals surface area contributed by atoms with Crippen molar-refractivity contribution in [1.82, 2.24) is 14.3 Å². The van der Waals surface area contributed by atoms with Gasteiger partial charge in [-0.15, -0.1) is 0 Å². The zero-order chi connectivity index (χ0) is 22.1. The third kappa shape index (κ3) is 4.46. The summed E-state index contributed by atoms with van der Waals surface area (Å²) in [6.07, 6.45) is -1.98. The minimum Gasteiger partial charge on any atom is -0.497 e. The summed E-state index contributed by atoms with van der Waals surface area (Å²) in [4.78, 5) is 3.43. The number of alkyl halides is 3. The van der Waals surface area contributed by atoms with Crippen LogP contribution in [0.4, 0.5) is 17.6 Å². The van der Waals surface area contributed by atoms with Gasteiger partial charge in [-0.3, -0.25) is 0 Å². The van der Waals surface area contributed by atoms with Gasteiger partial charge in [0.15, 0.2) is 0 Å². The number of methoxy groups -OCH3 is 1. The van der Waals surface area contributed by atoms with Gasteiger partial charge >= 0.3 is 6.18 Å². The van der Waals surface area contributed by atoms with Crippen molar-refractivity contribution in [3.8, 4) is 5.75 Å². The van der Waals surface area contributed by atoms with Crippen LogP contribution in [0.1, 0.15) is 23.0 Å². The van der Waals surface area contributed by atoms with Crippen molar-refractivity contribution in [2.45, 2.75) is 17.1 Å². The average Bonchev–Trinajstić information content (AvgIpc) is 3.11. The van der Waals surface area contributed by atoms with Crippen LogP contribution in [0.5, 0.6) is 5.75 Å². The molecule has 3 rings (SSSR count). The lowest BCUT2D eigenvalue weighted by molar-refractivity contribution is -0.140. The number of benzene rings is 2. The fourth-order valence-electron chi connectivity index (χ4n) is 2.83. The Bertz CT molecular complexity index is 1140. The molecule has 0 radical (unpaired) electrons. The van der Waals surface area contributed by atoms with Crippen LogP contribution in [0.25, 0.3) is 0 Å². The zero-order valence-corrected chi connectivity index (χ0v) is 16.6. The van der Waals surface area contributed by atoms with Crippen LogP contribution in [0.2, 0.25) is 0 Å².